The zero-order valence-electron chi connectivity index (χ0n) is 9.00. The van der Waals surface area contributed by atoms with Crippen molar-refractivity contribution in [2.75, 3.05) is 6.54 Å². The van der Waals surface area contributed by atoms with E-state index >= 15 is 0 Å². The van der Waals surface area contributed by atoms with Gasteiger partial charge in [-0.25, -0.2) is 4.99 Å². The molecule has 0 aliphatic rings. The van der Waals surface area contributed by atoms with E-state index in [-0.39, 0.29) is 24.0 Å². The van der Waals surface area contributed by atoms with Crippen molar-refractivity contribution in [3.8, 4) is 0 Å². The molecule has 1 aromatic heterocycles. The number of hydrogen-bond donors (Lipinski definition) is 2. The van der Waals surface area contributed by atoms with Gasteiger partial charge in [0.25, 0.3) is 0 Å². The molecule has 0 amide bonds. The molecule has 0 unspecified atom stereocenters. The molecule has 1 aromatic rings. The zero-order valence-corrected chi connectivity index (χ0v) is 13.7. The lowest BCUT2D eigenvalue weighted by Crippen LogP contribution is -2.32. The van der Waals surface area contributed by atoms with Gasteiger partial charge in [0.2, 0.25) is 0 Å². The molecule has 3 nitrogen and oxygen atoms in total. The van der Waals surface area contributed by atoms with E-state index in [9.17, 15) is 0 Å². The average molecular weight is 416 g/mol. The first kappa shape index (κ1) is 15.9. The van der Waals surface area contributed by atoms with E-state index in [1.165, 1.54) is 4.88 Å². The third-order valence-electron chi connectivity index (χ3n) is 1.60. The predicted molar refractivity (Wildman–Crippen MR) is 85.6 cm³/mol. The third kappa shape index (κ3) is 6.49. The van der Waals surface area contributed by atoms with Gasteiger partial charge in [-0.1, -0.05) is 12.2 Å². The maximum absolute atomic E-state index is 5.67. The highest BCUT2D eigenvalue weighted by Crippen LogP contribution is 2.20. The maximum atomic E-state index is 5.67. The lowest BCUT2D eigenvalue weighted by atomic mass is 10.3. The van der Waals surface area contributed by atoms with Crippen molar-refractivity contribution in [1.29, 1.82) is 0 Å². The molecule has 0 spiro atoms. The third-order valence-corrected chi connectivity index (χ3v) is 3.28. The van der Waals surface area contributed by atoms with Crippen LogP contribution in [0.3, 0.4) is 0 Å². The Balaban J connectivity index is 0.00000225. The van der Waals surface area contributed by atoms with Gasteiger partial charge in [-0.05, 0) is 28.9 Å². The van der Waals surface area contributed by atoms with Gasteiger partial charge in [0.1, 0.15) is 0 Å². The van der Waals surface area contributed by atoms with Gasteiger partial charge >= 0.3 is 0 Å². The number of rotatable bonds is 4. The Hall–Kier alpha value is -0.0800. The number of nitrogens with two attached hydrogens (primary N) is 1. The highest BCUT2D eigenvalue weighted by molar-refractivity contribution is 14.0. The van der Waals surface area contributed by atoms with Crippen molar-refractivity contribution in [1.82, 2.24) is 5.32 Å². The minimum absolute atomic E-state index is 0. The highest BCUT2D eigenvalue weighted by Gasteiger charge is 1.96. The molecule has 0 saturated heterocycles. The maximum Gasteiger partial charge on any atom is 0.189 e. The second-order valence-corrected chi connectivity index (χ2v) is 5.15. The lowest BCUT2D eigenvalue weighted by molar-refractivity contribution is 0.945. The second kappa shape index (κ2) is 8.08. The van der Waals surface area contributed by atoms with Crippen LogP contribution < -0.4 is 11.1 Å². The Morgan fingerprint density at radius 1 is 1.69 bits per heavy atom. The van der Waals surface area contributed by atoms with Crippen molar-refractivity contribution in [2.45, 2.75) is 13.5 Å². The van der Waals surface area contributed by atoms with Crippen molar-refractivity contribution >= 4 is 57.2 Å². The zero-order chi connectivity index (χ0) is 11.3. The van der Waals surface area contributed by atoms with Crippen LogP contribution in [-0.4, -0.2) is 12.5 Å². The fourth-order valence-corrected chi connectivity index (χ4v) is 2.27. The van der Waals surface area contributed by atoms with E-state index in [0.29, 0.717) is 19.0 Å². The lowest BCUT2D eigenvalue weighted by Gasteiger charge is -2.03. The Labute approximate surface area is 125 Å². The molecule has 0 atom stereocenters. The smallest absolute Gasteiger partial charge is 0.189 e. The Morgan fingerprint density at radius 2 is 2.38 bits per heavy atom. The van der Waals surface area contributed by atoms with E-state index in [4.69, 9.17) is 5.73 Å². The van der Waals surface area contributed by atoms with E-state index < -0.39 is 0 Å². The van der Waals surface area contributed by atoms with Gasteiger partial charge < -0.3 is 11.1 Å². The normalized spacial score (nSPS) is 10.8. The van der Waals surface area contributed by atoms with Crippen LogP contribution in [0.2, 0.25) is 0 Å². The van der Waals surface area contributed by atoms with E-state index in [0.717, 1.165) is 10.0 Å². The van der Waals surface area contributed by atoms with Gasteiger partial charge in [-0.2, -0.15) is 0 Å². The predicted octanol–water partition coefficient (Wildman–Crippen LogP) is 3.11. The monoisotopic (exact) mass is 415 g/mol. The minimum Gasteiger partial charge on any atom is -0.370 e. The van der Waals surface area contributed by atoms with E-state index in [2.05, 4.69) is 32.8 Å². The molecular weight excluding hydrogens is 401 g/mol. The summed E-state index contributed by atoms with van der Waals surface area (Å²) in [6.07, 6.45) is 0. The van der Waals surface area contributed by atoms with Crippen LogP contribution in [0.1, 0.15) is 11.8 Å². The van der Waals surface area contributed by atoms with E-state index in [1.54, 1.807) is 11.3 Å². The molecule has 0 bridgehead atoms. The molecule has 0 fully saturated rings. The highest BCUT2D eigenvalue weighted by atomic mass is 127. The number of hydrogen-bond acceptors (Lipinski definition) is 2. The van der Waals surface area contributed by atoms with Crippen molar-refractivity contribution < 1.29 is 0 Å². The summed E-state index contributed by atoms with van der Waals surface area (Å²) in [5.74, 6) is 0.461. The van der Waals surface area contributed by atoms with Gasteiger partial charge in [0.05, 0.1) is 6.54 Å². The fraction of sp³-hybridized carbons (Fsp3) is 0.300. The first-order valence-corrected chi connectivity index (χ1v) is 6.16. The van der Waals surface area contributed by atoms with Crippen LogP contribution in [0, 0.1) is 0 Å². The van der Waals surface area contributed by atoms with Crippen LogP contribution in [0.4, 0.5) is 0 Å². The molecule has 6 heteroatoms. The summed E-state index contributed by atoms with van der Waals surface area (Å²) in [5, 5.41) is 5.01. The summed E-state index contributed by atoms with van der Waals surface area (Å²) in [5.41, 5.74) is 6.70. The number of guanidine groups is 1. The van der Waals surface area contributed by atoms with Gasteiger partial charge in [-0.3, -0.25) is 0 Å². The molecule has 0 aromatic carbocycles. The number of aliphatic imine (C=N–C) groups is 1. The SMILES string of the molecule is C=C(C)CNC(N)=NCc1cc(Br)cs1.I. The van der Waals surface area contributed by atoms with Crippen LogP contribution in [0.5, 0.6) is 0 Å². The van der Waals surface area contributed by atoms with E-state index in [1.807, 2.05) is 18.4 Å². The molecule has 0 aliphatic heterocycles. The number of nitrogens with zero attached hydrogens (tertiary/aromatic N) is 1. The summed E-state index contributed by atoms with van der Waals surface area (Å²) in [4.78, 5) is 5.39. The van der Waals surface area contributed by atoms with Crippen LogP contribution in [0.15, 0.2) is 33.1 Å². The van der Waals surface area contributed by atoms with Crippen molar-refractivity contribution in [3.05, 3.63) is 32.9 Å². The summed E-state index contributed by atoms with van der Waals surface area (Å²) in [7, 11) is 0. The quantitative estimate of drug-likeness (QED) is 0.343. The summed E-state index contributed by atoms with van der Waals surface area (Å²) in [6, 6.07) is 2.04. The second-order valence-electron chi connectivity index (χ2n) is 3.24. The Bertz CT molecular complexity index is 376. The van der Waals surface area contributed by atoms with Gasteiger partial charge in [0.15, 0.2) is 5.96 Å². The number of thiophene rings is 1. The first-order valence-electron chi connectivity index (χ1n) is 4.49. The Kier molecular flexibility index (Phi) is 8.04. The molecule has 0 aliphatic carbocycles. The molecule has 0 radical (unpaired) electrons. The first-order chi connectivity index (χ1) is 7.08. The summed E-state index contributed by atoms with van der Waals surface area (Å²) < 4.78 is 1.09. The molecule has 16 heavy (non-hydrogen) atoms. The summed E-state index contributed by atoms with van der Waals surface area (Å²) >= 11 is 5.05. The molecule has 0 saturated carbocycles. The average Bonchev–Trinajstić information content (AvgIpc) is 2.58. The van der Waals surface area contributed by atoms with Crippen molar-refractivity contribution in [2.24, 2.45) is 10.7 Å². The standard InChI is InChI=1S/C10H14BrN3S.HI/c1-7(2)4-13-10(12)14-5-9-3-8(11)6-15-9;/h3,6H,1,4-5H2,2H3,(H3,12,13,14);1H. The van der Waals surface area contributed by atoms with Crippen LogP contribution in [-0.2, 0) is 6.54 Å². The molecule has 90 valence electrons. The fourth-order valence-electron chi connectivity index (χ4n) is 0.897. The van der Waals surface area contributed by atoms with Gasteiger partial charge in [0, 0.05) is 21.3 Å². The van der Waals surface area contributed by atoms with Gasteiger partial charge in [-0.15, -0.1) is 35.3 Å². The molecule has 1 heterocycles. The topological polar surface area (TPSA) is 50.4 Å². The molecular formula is C10H15BrIN3S. The number of halogens is 2. The summed E-state index contributed by atoms with van der Waals surface area (Å²) in [6.45, 7) is 7.00. The van der Waals surface area contributed by atoms with Crippen LogP contribution in [0.25, 0.3) is 0 Å². The number of nitrogens with one attached hydrogen (secondary N) is 1. The van der Waals surface area contributed by atoms with Crippen molar-refractivity contribution in [3.63, 3.8) is 0 Å². The minimum atomic E-state index is 0. The molecule has 3 N–H and O–H groups in total. The largest absolute Gasteiger partial charge is 0.370 e. The van der Waals surface area contributed by atoms with Crippen LogP contribution >= 0.6 is 51.2 Å². The Morgan fingerprint density at radius 3 is 2.88 bits per heavy atom. The molecule has 1 rings (SSSR count).